The second kappa shape index (κ2) is 8.04. The summed E-state index contributed by atoms with van der Waals surface area (Å²) in [4.78, 5) is 19.8. The Kier molecular flexibility index (Phi) is 5.08. The minimum Gasteiger partial charge on any atom is -0.497 e. The summed E-state index contributed by atoms with van der Waals surface area (Å²) in [6, 6.07) is 18.0. The van der Waals surface area contributed by atoms with Gasteiger partial charge >= 0.3 is 0 Å². The predicted molar refractivity (Wildman–Crippen MR) is 120 cm³/mol. The van der Waals surface area contributed by atoms with Crippen molar-refractivity contribution < 1.29 is 14.3 Å². The Balaban J connectivity index is 1.49. The highest BCUT2D eigenvalue weighted by molar-refractivity contribution is 6.13. The van der Waals surface area contributed by atoms with Crippen LogP contribution in [-0.4, -0.2) is 31.2 Å². The molecule has 0 unspecified atom stereocenters. The van der Waals surface area contributed by atoms with Gasteiger partial charge in [-0.1, -0.05) is 12.1 Å². The summed E-state index contributed by atoms with van der Waals surface area (Å²) in [5.41, 5.74) is 4.39. The van der Waals surface area contributed by atoms with Crippen LogP contribution in [0.15, 0.2) is 67.0 Å². The summed E-state index contributed by atoms with van der Waals surface area (Å²) in [6.07, 6.45) is 4.85. The number of benzene rings is 2. The minimum atomic E-state index is -0.545. The molecule has 1 amide bonds. The Bertz CT molecular complexity index is 1090. The zero-order chi connectivity index (χ0) is 21.3. The average molecular weight is 415 g/mol. The lowest BCUT2D eigenvalue weighted by molar-refractivity contribution is -0.125. The van der Waals surface area contributed by atoms with Crippen molar-refractivity contribution >= 4 is 23.0 Å². The molecule has 0 atom stereocenters. The quantitative estimate of drug-likeness (QED) is 0.668. The summed E-state index contributed by atoms with van der Waals surface area (Å²) < 4.78 is 10.9. The zero-order valence-corrected chi connectivity index (χ0v) is 17.5. The van der Waals surface area contributed by atoms with E-state index >= 15 is 0 Å². The largest absolute Gasteiger partial charge is 0.497 e. The van der Waals surface area contributed by atoms with Gasteiger partial charge in [0.2, 0.25) is 5.91 Å². The first kappa shape index (κ1) is 19.6. The van der Waals surface area contributed by atoms with Gasteiger partial charge in [-0.2, -0.15) is 0 Å². The minimum absolute atomic E-state index is 0.115. The molecule has 6 heteroatoms. The molecule has 3 aromatic rings. The fourth-order valence-corrected chi connectivity index (χ4v) is 4.59. The van der Waals surface area contributed by atoms with Crippen LogP contribution in [0.1, 0.15) is 24.0 Å². The third-order valence-electron chi connectivity index (χ3n) is 6.25. The van der Waals surface area contributed by atoms with Gasteiger partial charge in [0.25, 0.3) is 0 Å². The molecule has 0 bridgehead atoms. The SMILES string of the molecule is COc1cccc(CNc2ccc3c(c2)C2(CCOCC2)C(=O)N3c2cccnc2)c1. The molecule has 2 aromatic carbocycles. The highest BCUT2D eigenvalue weighted by Crippen LogP contribution is 2.51. The molecule has 158 valence electrons. The zero-order valence-electron chi connectivity index (χ0n) is 17.5. The summed E-state index contributed by atoms with van der Waals surface area (Å²) in [5, 5.41) is 3.50. The number of fused-ring (bicyclic) bond motifs is 2. The van der Waals surface area contributed by atoms with Crippen molar-refractivity contribution in [3.63, 3.8) is 0 Å². The number of anilines is 3. The third kappa shape index (κ3) is 3.43. The van der Waals surface area contributed by atoms with Gasteiger partial charge in [0.1, 0.15) is 5.75 Å². The van der Waals surface area contributed by atoms with Gasteiger partial charge in [-0.25, -0.2) is 0 Å². The first-order valence-corrected chi connectivity index (χ1v) is 10.5. The maximum atomic E-state index is 13.7. The van der Waals surface area contributed by atoms with Crippen molar-refractivity contribution in [2.75, 3.05) is 30.5 Å². The lowest BCUT2D eigenvalue weighted by Crippen LogP contribution is -2.42. The topological polar surface area (TPSA) is 63.7 Å². The second-order valence-corrected chi connectivity index (χ2v) is 7.98. The van der Waals surface area contributed by atoms with Crippen molar-refractivity contribution in [3.8, 4) is 5.75 Å². The summed E-state index contributed by atoms with van der Waals surface area (Å²) >= 11 is 0. The second-order valence-electron chi connectivity index (χ2n) is 7.98. The lowest BCUT2D eigenvalue weighted by Gasteiger charge is -2.32. The van der Waals surface area contributed by atoms with E-state index in [0.29, 0.717) is 32.6 Å². The number of nitrogens with one attached hydrogen (secondary N) is 1. The normalized spacial score (nSPS) is 16.9. The van der Waals surface area contributed by atoms with E-state index in [4.69, 9.17) is 9.47 Å². The van der Waals surface area contributed by atoms with Crippen LogP contribution in [-0.2, 0) is 21.5 Å². The van der Waals surface area contributed by atoms with Crippen LogP contribution in [0.5, 0.6) is 5.75 Å². The maximum absolute atomic E-state index is 13.7. The first-order valence-electron chi connectivity index (χ1n) is 10.5. The number of ether oxygens (including phenoxy) is 2. The molecule has 1 spiro atoms. The highest BCUT2D eigenvalue weighted by atomic mass is 16.5. The van der Waals surface area contributed by atoms with Crippen LogP contribution in [0.3, 0.4) is 0 Å². The Morgan fingerprint density at radius 2 is 2.00 bits per heavy atom. The van der Waals surface area contributed by atoms with E-state index in [1.807, 2.05) is 47.4 Å². The van der Waals surface area contributed by atoms with Crippen molar-refractivity contribution in [2.45, 2.75) is 24.8 Å². The van der Waals surface area contributed by atoms with Gasteiger partial charge in [-0.3, -0.25) is 14.7 Å². The highest BCUT2D eigenvalue weighted by Gasteiger charge is 2.52. The predicted octanol–water partition coefficient (Wildman–Crippen LogP) is 4.43. The third-order valence-corrected chi connectivity index (χ3v) is 6.25. The van der Waals surface area contributed by atoms with Crippen LogP contribution >= 0.6 is 0 Å². The average Bonchev–Trinajstić information content (AvgIpc) is 3.06. The van der Waals surface area contributed by atoms with E-state index in [-0.39, 0.29) is 5.91 Å². The fourth-order valence-electron chi connectivity index (χ4n) is 4.59. The Morgan fingerprint density at radius 1 is 1.13 bits per heavy atom. The molecule has 1 N–H and O–H groups in total. The number of carbonyl (C=O) groups is 1. The molecule has 0 aliphatic carbocycles. The van der Waals surface area contributed by atoms with Gasteiger partial charge in [-0.15, -0.1) is 0 Å². The maximum Gasteiger partial charge on any atom is 0.242 e. The van der Waals surface area contributed by atoms with Crippen molar-refractivity contribution in [1.82, 2.24) is 4.98 Å². The van der Waals surface area contributed by atoms with Crippen molar-refractivity contribution in [3.05, 3.63) is 78.1 Å². The number of carbonyl (C=O) groups excluding carboxylic acids is 1. The van der Waals surface area contributed by atoms with Crippen molar-refractivity contribution in [1.29, 1.82) is 0 Å². The molecule has 0 radical (unpaired) electrons. The van der Waals surface area contributed by atoms with Crippen molar-refractivity contribution in [2.24, 2.45) is 0 Å². The molecule has 1 fully saturated rings. The Morgan fingerprint density at radius 3 is 2.77 bits per heavy atom. The number of rotatable bonds is 5. The molecule has 2 aliphatic heterocycles. The lowest BCUT2D eigenvalue weighted by atomic mass is 9.75. The number of hydrogen-bond acceptors (Lipinski definition) is 5. The molecular weight excluding hydrogens is 390 g/mol. The number of hydrogen-bond donors (Lipinski definition) is 1. The molecule has 31 heavy (non-hydrogen) atoms. The molecule has 1 aromatic heterocycles. The molecule has 5 rings (SSSR count). The monoisotopic (exact) mass is 415 g/mol. The molecule has 1 saturated heterocycles. The standard InChI is InChI=1S/C25H25N3O3/c1-30-21-6-2-4-18(14-21)16-27-19-7-8-23-22(15-19)25(9-12-31-13-10-25)24(29)28(23)20-5-3-11-26-17-20/h2-8,11,14-15,17,27H,9-10,12-13,16H2,1H3. The Labute approximate surface area is 181 Å². The fraction of sp³-hybridized carbons (Fsp3) is 0.280. The summed E-state index contributed by atoms with van der Waals surface area (Å²) in [5.74, 6) is 0.955. The van der Waals surface area contributed by atoms with E-state index in [0.717, 1.165) is 33.9 Å². The van der Waals surface area contributed by atoms with Crippen LogP contribution in [0, 0.1) is 0 Å². The smallest absolute Gasteiger partial charge is 0.242 e. The number of pyridine rings is 1. The number of amides is 1. The van der Waals surface area contributed by atoms with Crippen LogP contribution in [0.2, 0.25) is 0 Å². The number of methoxy groups -OCH3 is 1. The number of aromatic nitrogens is 1. The summed E-state index contributed by atoms with van der Waals surface area (Å²) in [6.45, 7) is 1.85. The van der Waals surface area contributed by atoms with Crippen LogP contribution < -0.4 is 15.0 Å². The van der Waals surface area contributed by atoms with Gasteiger partial charge < -0.3 is 14.8 Å². The van der Waals surface area contributed by atoms with Gasteiger partial charge in [0.15, 0.2) is 0 Å². The van der Waals surface area contributed by atoms with Crippen LogP contribution in [0.4, 0.5) is 17.1 Å². The van der Waals surface area contributed by atoms with Crippen LogP contribution in [0.25, 0.3) is 0 Å². The molecule has 3 heterocycles. The van der Waals surface area contributed by atoms with E-state index in [1.54, 1.807) is 19.5 Å². The van der Waals surface area contributed by atoms with Gasteiger partial charge in [-0.05, 0) is 66.4 Å². The molecule has 2 aliphatic rings. The van der Waals surface area contributed by atoms with Gasteiger partial charge in [0, 0.05) is 31.6 Å². The van der Waals surface area contributed by atoms with E-state index in [9.17, 15) is 4.79 Å². The molecular formula is C25H25N3O3. The van der Waals surface area contributed by atoms with E-state index < -0.39 is 5.41 Å². The summed E-state index contributed by atoms with van der Waals surface area (Å²) in [7, 11) is 1.67. The van der Waals surface area contributed by atoms with E-state index in [1.165, 1.54) is 0 Å². The molecule has 0 saturated carbocycles. The van der Waals surface area contributed by atoms with E-state index in [2.05, 4.69) is 22.4 Å². The first-order chi connectivity index (χ1) is 15.2. The molecule has 6 nitrogen and oxygen atoms in total. The Hall–Kier alpha value is -3.38. The number of nitrogens with zero attached hydrogens (tertiary/aromatic N) is 2. The van der Waals surface area contributed by atoms with Gasteiger partial charge in [0.05, 0.1) is 30.1 Å².